The van der Waals surface area contributed by atoms with Gasteiger partial charge in [0, 0.05) is 18.1 Å². The van der Waals surface area contributed by atoms with Crippen LogP contribution < -0.4 is 5.32 Å². The van der Waals surface area contributed by atoms with Crippen LogP contribution in [0.15, 0.2) is 30.3 Å². The second-order valence-corrected chi connectivity index (χ2v) is 6.51. The number of hydrogen-bond acceptors (Lipinski definition) is 3. The van der Waals surface area contributed by atoms with Crippen molar-refractivity contribution >= 4 is 5.91 Å². The molecule has 1 saturated heterocycles. The summed E-state index contributed by atoms with van der Waals surface area (Å²) in [6.07, 6.45) is 1.17. The Hall–Kier alpha value is -1.39. The Morgan fingerprint density at radius 3 is 2.67 bits per heavy atom. The number of amides is 1. The van der Waals surface area contributed by atoms with E-state index in [0.29, 0.717) is 6.54 Å². The SMILES string of the molecule is CCOC1CC(N2C(=O)CNC2c2ccccc2)C1(C)C. The predicted molar refractivity (Wildman–Crippen MR) is 81.6 cm³/mol. The van der Waals surface area contributed by atoms with Gasteiger partial charge in [-0.3, -0.25) is 10.1 Å². The zero-order valence-electron chi connectivity index (χ0n) is 13.0. The fourth-order valence-electron chi connectivity index (χ4n) is 3.61. The van der Waals surface area contributed by atoms with E-state index in [2.05, 4.69) is 31.3 Å². The van der Waals surface area contributed by atoms with Gasteiger partial charge in [0.2, 0.25) is 5.91 Å². The molecule has 1 aromatic rings. The van der Waals surface area contributed by atoms with E-state index in [-0.39, 0.29) is 29.6 Å². The van der Waals surface area contributed by atoms with E-state index in [0.717, 1.165) is 18.6 Å². The maximum atomic E-state index is 12.4. The van der Waals surface area contributed by atoms with Crippen LogP contribution in [0.2, 0.25) is 0 Å². The Labute approximate surface area is 126 Å². The van der Waals surface area contributed by atoms with E-state index in [1.54, 1.807) is 0 Å². The van der Waals surface area contributed by atoms with Crippen LogP contribution in [0.25, 0.3) is 0 Å². The Morgan fingerprint density at radius 2 is 2.05 bits per heavy atom. The molecular weight excluding hydrogens is 264 g/mol. The maximum Gasteiger partial charge on any atom is 0.238 e. The molecule has 0 aromatic heterocycles. The van der Waals surface area contributed by atoms with Crippen molar-refractivity contribution in [3.8, 4) is 0 Å². The van der Waals surface area contributed by atoms with Gasteiger partial charge in [-0.15, -0.1) is 0 Å². The first kappa shape index (κ1) is 14.5. The van der Waals surface area contributed by atoms with E-state index in [1.165, 1.54) is 0 Å². The number of carbonyl (C=O) groups is 1. The molecule has 4 nitrogen and oxygen atoms in total. The lowest BCUT2D eigenvalue weighted by Gasteiger charge is -2.55. The summed E-state index contributed by atoms with van der Waals surface area (Å²) in [5, 5.41) is 3.34. The molecule has 0 spiro atoms. The first-order chi connectivity index (χ1) is 10.1. The fourth-order valence-corrected chi connectivity index (χ4v) is 3.61. The van der Waals surface area contributed by atoms with Gasteiger partial charge in [-0.2, -0.15) is 0 Å². The molecule has 1 N–H and O–H groups in total. The van der Waals surface area contributed by atoms with Crippen molar-refractivity contribution in [2.24, 2.45) is 5.41 Å². The molecule has 0 bridgehead atoms. The van der Waals surface area contributed by atoms with Crippen molar-refractivity contribution in [1.82, 2.24) is 10.2 Å². The van der Waals surface area contributed by atoms with Gasteiger partial charge in [-0.25, -0.2) is 0 Å². The highest BCUT2D eigenvalue weighted by molar-refractivity contribution is 5.81. The topological polar surface area (TPSA) is 41.6 Å². The first-order valence-electron chi connectivity index (χ1n) is 7.76. The minimum absolute atomic E-state index is 0.00468. The molecule has 1 heterocycles. The third-order valence-electron chi connectivity index (χ3n) is 4.96. The van der Waals surface area contributed by atoms with Gasteiger partial charge in [0.1, 0.15) is 6.17 Å². The lowest BCUT2D eigenvalue weighted by Crippen LogP contribution is -2.63. The van der Waals surface area contributed by atoms with Gasteiger partial charge in [0.25, 0.3) is 0 Å². The molecular formula is C17H24N2O2. The van der Waals surface area contributed by atoms with Crippen molar-refractivity contribution in [2.45, 2.75) is 45.5 Å². The van der Waals surface area contributed by atoms with Crippen molar-refractivity contribution in [2.75, 3.05) is 13.2 Å². The summed E-state index contributed by atoms with van der Waals surface area (Å²) in [7, 11) is 0. The van der Waals surface area contributed by atoms with Crippen LogP contribution in [-0.2, 0) is 9.53 Å². The zero-order valence-corrected chi connectivity index (χ0v) is 13.0. The summed E-state index contributed by atoms with van der Waals surface area (Å²) >= 11 is 0. The molecule has 3 unspecified atom stereocenters. The van der Waals surface area contributed by atoms with Crippen molar-refractivity contribution < 1.29 is 9.53 Å². The minimum Gasteiger partial charge on any atom is -0.378 e. The highest BCUT2D eigenvalue weighted by Crippen LogP contribution is 2.48. The molecule has 0 radical (unpaired) electrons. The second-order valence-electron chi connectivity index (χ2n) is 6.51. The number of nitrogens with zero attached hydrogens (tertiary/aromatic N) is 1. The largest absolute Gasteiger partial charge is 0.378 e. The molecule has 1 aliphatic heterocycles. The van der Waals surface area contributed by atoms with E-state index in [9.17, 15) is 4.79 Å². The smallest absolute Gasteiger partial charge is 0.238 e. The number of nitrogens with one attached hydrogen (secondary N) is 1. The summed E-state index contributed by atoms with van der Waals surface area (Å²) in [6, 6.07) is 10.4. The van der Waals surface area contributed by atoms with E-state index in [4.69, 9.17) is 4.74 Å². The Morgan fingerprint density at radius 1 is 1.33 bits per heavy atom. The summed E-state index contributed by atoms with van der Waals surface area (Å²) in [5.41, 5.74) is 1.16. The van der Waals surface area contributed by atoms with Gasteiger partial charge in [0.05, 0.1) is 12.6 Å². The Kier molecular flexibility index (Phi) is 3.76. The molecule has 21 heavy (non-hydrogen) atoms. The minimum atomic E-state index is -0.00875. The Bertz CT molecular complexity index is 515. The number of rotatable bonds is 4. The number of ether oxygens (including phenoxy) is 1. The van der Waals surface area contributed by atoms with E-state index in [1.807, 2.05) is 30.0 Å². The number of benzene rings is 1. The van der Waals surface area contributed by atoms with E-state index >= 15 is 0 Å². The van der Waals surface area contributed by atoms with Crippen molar-refractivity contribution in [3.63, 3.8) is 0 Å². The molecule has 3 rings (SSSR count). The normalized spacial score (nSPS) is 31.3. The van der Waals surface area contributed by atoms with Gasteiger partial charge in [0.15, 0.2) is 0 Å². The van der Waals surface area contributed by atoms with Crippen molar-refractivity contribution in [3.05, 3.63) is 35.9 Å². The van der Waals surface area contributed by atoms with Gasteiger partial charge in [-0.1, -0.05) is 44.2 Å². The lowest BCUT2D eigenvalue weighted by atomic mass is 9.63. The molecule has 114 valence electrons. The number of carbonyl (C=O) groups excluding carboxylic acids is 1. The average Bonchev–Trinajstić information content (AvgIpc) is 2.85. The quantitative estimate of drug-likeness (QED) is 0.924. The van der Waals surface area contributed by atoms with Gasteiger partial charge < -0.3 is 9.64 Å². The lowest BCUT2D eigenvalue weighted by molar-refractivity contribution is -0.167. The molecule has 4 heteroatoms. The van der Waals surface area contributed by atoms with Crippen LogP contribution in [0.4, 0.5) is 0 Å². The molecule has 2 fully saturated rings. The maximum absolute atomic E-state index is 12.4. The van der Waals surface area contributed by atoms with Crippen LogP contribution in [0.3, 0.4) is 0 Å². The summed E-state index contributed by atoms with van der Waals surface area (Å²) < 4.78 is 5.80. The standard InChI is InChI=1S/C17H24N2O2/c1-4-21-14-10-13(17(14,2)3)19-15(20)11-18-16(19)12-8-6-5-7-9-12/h5-9,13-14,16,18H,4,10-11H2,1-3H3. The molecule has 3 atom stereocenters. The average molecular weight is 288 g/mol. The van der Waals surface area contributed by atoms with Crippen molar-refractivity contribution in [1.29, 1.82) is 0 Å². The third-order valence-corrected chi connectivity index (χ3v) is 4.96. The molecule has 1 aromatic carbocycles. The summed E-state index contributed by atoms with van der Waals surface area (Å²) in [5.74, 6) is 0.192. The van der Waals surface area contributed by atoms with Crippen LogP contribution in [-0.4, -0.2) is 36.1 Å². The summed E-state index contributed by atoms with van der Waals surface area (Å²) in [6.45, 7) is 7.59. The highest BCUT2D eigenvalue weighted by atomic mass is 16.5. The first-order valence-corrected chi connectivity index (χ1v) is 7.76. The third kappa shape index (κ3) is 2.36. The zero-order chi connectivity index (χ0) is 15.0. The van der Waals surface area contributed by atoms with Crippen LogP contribution in [0.5, 0.6) is 0 Å². The van der Waals surface area contributed by atoms with Gasteiger partial charge in [-0.05, 0) is 18.9 Å². The Balaban J connectivity index is 1.82. The van der Waals surface area contributed by atoms with E-state index < -0.39 is 0 Å². The summed E-state index contributed by atoms with van der Waals surface area (Å²) in [4.78, 5) is 14.4. The molecule has 1 aliphatic carbocycles. The monoisotopic (exact) mass is 288 g/mol. The van der Waals surface area contributed by atoms with Crippen LogP contribution in [0.1, 0.15) is 38.9 Å². The second kappa shape index (κ2) is 5.43. The molecule has 2 aliphatic rings. The molecule has 1 saturated carbocycles. The van der Waals surface area contributed by atoms with Gasteiger partial charge >= 0.3 is 0 Å². The predicted octanol–water partition coefficient (Wildman–Crippen LogP) is 2.32. The van der Waals surface area contributed by atoms with Crippen LogP contribution in [0, 0.1) is 5.41 Å². The van der Waals surface area contributed by atoms with Crippen LogP contribution >= 0.6 is 0 Å². The molecule has 1 amide bonds. The fraction of sp³-hybridized carbons (Fsp3) is 0.588. The highest BCUT2D eigenvalue weighted by Gasteiger charge is 2.55. The number of hydrogen-bond donors (Lipinski definition) is 1.